The Morgan fingerprint density at radius 1 is 1.12 bits per heavy atom. The van der Waals surface area contributed by atoms with Gasteiger partial charge in [0.15, 0.2) is 5.65 Å². The molecule has 168 valence electrons. The summed E-state index contributed by atoms with van der Waals surface area (Å²) < 4.78 is 1.80. The van der Waals surface area contributed by atoms with Gasteiger partial charge in [-0.1, -0.05) is 23.2 Å². The van der Waals surface area contributed by atoms with Gasteiger partial charge in [-0.2, -0.15) is 5.10 Å². The van der Waals surface area contributed by atoms with Gasteiger partial charge in [0.1, 0.15) is 16.7 Å². The molecule has 1 amide bonds. The Morgan fingerprint density at radius 2 is 1.97 bits per heavy atom. The third kappa shape index (κ3) is 4.02. The summed E-state index contributed by atoms with van der Waals surface area (Å²) >= 11 is 12.1. The molecule has 0 saturated carbocycles. The number of pyridine rings is 1. The summed E-state index contributed by atoms with van der Waals surface area (Å²) in [6, 6.07) is 5.09. The van der Waals surface area contributed by atoms with Gasteiger partial charge in [-0.05, 0) is 44.7 Å². The van der Waals surface area contributed by atoms with Crippen LogP contribution in [-0.4, -0.2) is 56.1 Å². The van der Waals surface area contributed by atoms with Gasteiger partial charge >= 0.3 is 0 Å². The molecule has 0 aliphatic carbocycles. The summed E-state index contributed by atoms with van der Waals surface area (Å²) in [6.07, 6.45) is 5.75. The van der Waals surface area contributed by atoms with Gasteiger partial charge in [0.2, 0.25) is 0 Å². The summed E-state index contributed by atoms with van der Waals surface area (Å²) in [5.74, 6) is 0.762. The third-order valence-electron chi connectivity index (χ3n) is 6.23. The molecule has 32 heavy (non-hydrogen) atoms. The van der Waals surface area contributed by atoms with Crippen LogP contribution in [0.5, 0.6) is 0 Å². The SMILES string of the molecule is Cc1cn2nc([C@@H]3CCCCN3C(=O)c3cc(Cl)cc(Cl)n3)cc2nc1N1CC[C@H](N)C1. The molecule has 0 bridgehead atoms. The minimum atomic E-state index is -0.188. The van der Waals surface area contributed by atoms with Crippen molar-refractivity contribution in [3.8, 4) is 0 Å². The molecule has 0 spiro atoms. The zero-order valence-electron chi connectivity index (χ0n) is 17.8. The Kier molecular flexibility index (Phi) is 5.69. The van der Waals surface area contributed by atoms with Crippen molar-refractivity contribution in [2.45, 2.75) is 44.7 Å². The van der Waals surface area contributed by atoms with Crippen molar-refractivity contribution in [2.75, 3.05) is 24.5 Å². The number of nitrogens with zero attached hydrogens (tertiary/aromatic N) is 6. The lowest BCUT2D eigenvalue weighted by Crippen LogP contribution is -2.39. The van der Waals surface area contributed by atoms with E-state index < -0.39 is 0 Å². The maximum absolute atomic E-state index is 13.3. The molecule has 2 fully saturated rings. The lowest BCUT2D eigenvalue weighted by molar-refractivity contribution is 0.0599. The molecule has 3 aromatic heterocycles. The molecule has 5 rings (SSSR count). The maximum atomic E-state index is 13.3. The zero-order chi connectivity index (χ0) is 22.4. The second-order valence-electron chi connectivity index (χ2n) is 8.62. The lowest BCUT2D eigenvalue weighted by Gasteiger charge is -2.34. The molecule has 2 aliphatic rings. The number of fused-ring (bicyclic) bond motifs is 1. The van der Waals surface area contributed by atoms with E-state index in [4.69, 9.17) is 39.0 Å². The largest absolute Gasteiger partial charge is 0.355 e. The number of aryl methyl sites for hydroxylation is 1. The molecule has 3 aromatic rings. The highest BCUT2D eigenvalue weighted by molar-refractivity contribution is 6.34. The van der Waals surface area contributed by atoms with Crippen LogP contribution in [0.2, 0.25) is 10.2 Å². The second kappa shape index (κ2) is 8.50. The van der Waals surface area contributed by atoms with Crippen molar-refractivity contribution >= 4 is 40.6 Å². The van der Waals surface area contributed by atoms with E-state index >= 15 is 0 Å². The van der Waals surface area contributed by atoms with E-state index in [2.05, 4.69) is 9.88 Å². The molecule has 0 aromatic carbocycles. The fourth-order valence-electron chi connectivity index (χ4n) is 4.69. The molecular formula is C22H25Cl2N7O. The van der Waals surface area contributed by atoms with E-state index in [1.54, 1.807) is 10.6 Å². The first-order valence-electron chi connectivity index (χ1n) is 10.9. The number of likely N-dealkylation sites (tertiary alicyclic amines) is 1. The second-order valence-corrected chi connectivity index (χ2v) is 9.44. The van der Waals surface area contributed by atoms with Crippen molar-refractivity contribution < 1.29 is 4.79 Å². The summed E-state index contributed by atoms with van der Waals surface area (Å²) in [4.78, 5) is 26.4. The minimum absolute atomic E-state index is 0.151. The molecule has 5 heterocycles. The van der Waals surface area contributed by atoms with Crippen LogP contribution in [-0.2, 0) is 0 Å². The van der Waals surface area contributed by atoms with E-state index in [9.17, 15) is 4.79 Å². The molecule has 0 unspecified atom stereocenters. The van der Waals surface area contributed by atoms with Gasteiger partial charge in [-0.15, -0.1) is 0 Å². The molecule has 8 nitrogen and oxygen atoms in total. The summed E-state index contributed by atoms with van der Waals surface area (Å²) in [7, 11) is 0. The highest BCUT2D eigenvalue weighted by atomic mass is 35.5. The predicted octanol–water partition coefficient (Wildman–Crippen LogP) is 3.64. The number of piperidine rings is 1. The molecule has 2 aliphatic heterocycles. The van der Waals surface area contributed by atoms with E-state index in [0.717, 1.165) is 61.5 Å². The van der Waals surface area contributed by atoms with Crippen LogP contribution < -0.4 is 10.6 Å². The van der Waals surface area contributed by atoms with Gasteiger partial charge in [-0.3, -0.25) is 4.79 Å². The number of amides is 1. The average Bonchev–Trinajstić information content (AvgIpc) is 3.37. The van der Waals surface area contributed by atoms with E-state index in [1.807, 2.05) is 24.1 Å². The molecule has 10 heteroatoms. The van der Waals surface area contributed by atoms with Crippen LogP contribution in [0.4, 0.5) is 5.82 Å². The number of carbonyl (C=O) groups is 1. The fourth-order valence-corrected chi connectivity index (χ4v) is 5.16. The van der Waals surface area contributed by atoms with Crippen LogP contribution in [0.3, 0.4) is 0 Å². The zero-order valence-corrected chi connectivity index (χ0v) is 19.4. The normalized spacial score (nSPS) is 21.5. The first kappa shape index (κ1) is 21.4. The van der Waals surface area contributed by atoms with E-state index in [1.165, 1.54) is 6.07 Å². The van der Waals surface area contributed by atoms with Crippen molar-refractivity contribution in [1.82, 2.24) is 24.5 Å². The summed E-state index contributed by atoms with van der Waals surface area (Å²) in [5, 5.41) is 5.38. The number of nitrogens with two attached hydrogens (primary N) is 1. The van der Waals surface area contributed by atoms with Crippen LogP contribution in [0.25, 0.3) is 5.65 Å². The maximum Gasteiger partial charge on any atom is 0.273 e. The lowest BCUT2D eigenvalue weighted by atomic mass is 9.99. The monoisotopic (exact) mass is 473 g/mol. The Morgan fingerprint density at radius 3 is 2.72 bits per heavy atom. The highest BCUT2D eigenvalue weighted by Crippen LogP contribution is 2.33. The predicted molar refractivity (Wildman–Crippen MR) is 124 cm³/mol. The Bertz CT molecular complexity index is 1160. The number of carbonyl (C=O) groups excluding carboxylic acids is 1. The van der Waals surface area contributed by atoms with Gasteiger partial charge in [0.25, 0.3) is 5.91 Å². The van der Waals surface area contributed by atoms with Crippen molar-refractivity contribution in [3.63, 3.8) is 0 Å². The van der Waals surface area contributed by atoms with Gasteiger partial charge in [0, 0.05) is 48.5 Å². The summed E-state index contributed by atoms with van der Waals surface area (Å²) in [5.41, 5.74) is 8.99. The molecule has 2 N–H and O–H groups in total. The topological polar surface area (TPSA) is 92.6 Å². The number of hydrogen-bond acceptors (Lipinski definition) is 6. The van der Waals surface area contributed by atoms with Crippen molar-refractivity contribution in [1.29, 1.82) is 0 Å². The van der Waals surface area contributed by atoms with Crippen LogP contribution in [0, 0.1) is 6.92 Å². The smallest absolute Gasteiger partial charge is 0.273 e. The molecule has 2 atom stereocenters. The fraction of sp³-hybridized carbons (Fsp3) is 0.455. The number of aromatic nitrogens is 4. The van der Waals surface area contributed by atoms with Gasteiger partial charge < -0.3 is 15.5 Å². The highest BCUT2D eigenvalue weighted by Gasteiger charge is 2.32. The first-order valence-corrected chi connectivity index (χ1v) is 11.7. The average molecular weight is 474 g/mol. The quantitative estimate of drug-likeness (QED) is 0.583. The minimum Gasteiger partial charge on any atom is -0.355 e. The van der Waals surface area contributed by atoms with Gasteiger partial charge in [0.05, 0.1) is 11.7 Å². The van der Waals surface area contributed by atoms with Crippen LogP contribution >= 0.6 is 23.2 Å². The van der Waals surface area contributed by atoms with Gasteiger partial charge in [-0.25, -0.2) is 14.5 Å². The molecule has 2 saturated heterocycles. The Hall–Kier alpha value is -2.42. The van der Waals surface area contributed by atoms with E-state index in [0.29, 0.717) is 11.6 Å². The van der Waals surface area contributed by atoms with Crippen LogP contribution in [0.15, 0.2) is 24.4 Å². The number of rotatable bonds is 3. The Balaban J connectivity index is 1.47. The van der Waals surface area contributed by atoms with E-state index in [-0.39, 0.29) is 28.8 Å². The van der Waals surface area contributed by atoms with Crippen LogP contribution in [0.1, 0.15) is 53.5 Å². The number of halogens is 2. The molecule has 0 radical (unpaired) electrons. The summed E-state index contributed by atoms with van der Waals surface area (Å²) in [6.45, 7) is 4.39. The third-order valence-corrected chi connectivity index (χ3v) is 6.64. The number of hydrogen-bond donors (Lipinski definition) is 1. The number of anilines is 1. The standard InChI is InChI=1S/C22H25Cl2N7O/c1-13-11-31-20(27-21(13)29-7-5-15(25)12-29)10-16(28-31)18-4-2-3-6-30(18)22(32)17-8-14(23)9-19(24)26-17/h8-11,15,18H,2-7,12,25H2,1H3/t15-,18-/m0/s1. The van der Waals surface area contributed by atoms with Crippen molar-refractivity contribution in [2.24, 2.45) is 5.73 Å². The van der Waals surface area contributed by atoms with Crippen molar-refractivity contribution in [3.05, 3.63) is 51.5 Å². The first-order chi connectivity index (χ1) is 15.4. The molecular weight excluding hydrogens is 449 g/mol. The Labute approximate surface area is 196 Å².